The summed E-state index contributed by atoms with van der Waals surface area (Å²) in [5.41, 5.74) is 3.02. The maximum Gasteiger partial charge on any atom is 0.308 e. The van der Waals surface area contributed by atoms with Gasteiger partial charge in [0.05, 0.1) is 0 Å². The van der Waals surface area contributed by atoms with Gasteiger partial charge in [0.2, 0.25) is 0 Å². The molecule has 1 atom stereocenters. The van der Waals surface area contributed by atoms with Gasteiger partial charge in [0.15, 0.2) is 11.5 Å². The van der Waals surface area contributed by atoms with Crippen LogP contribution >= 0.6 is 0 Å². The number of hydrogen-bond acceptors (Lipinski definition) is 4. The lowest BCUT2D eigenvalue weighted by atomic mass is 9.82. The first-order valence-corrected chi connectivity index (χ1v) is 6.93. The van der Waals surface area contributed by atoms with Gasteiger partial charge in [0.1, 0.15) is 0 Å². The number of benzene rings is 1. The quantitative estimate of drug-likeness (QED) is 0.614. The van der Waals surface area contributed by atoms with E-state index >= 15 is 0 Å². The van der Waals surface area contributed by atoms with Crippen LogP contribution in [0.25, 0.3) is 0 Å². The van der Waals surface area contributed by atoms with Gasteiger partial charge in [-0.2, -0.15) is 0 Å². The van der Waals surface area contributed by atoms with Gasteiger partial charge in [-0.05, 0) is 43.2 Å². The van der Waals surface area contributed by atoms with E-state index in [9.17, 15) is 9.59 Å². The van der Waals surface area contributed by atoms with Crippen LogP contribution in [0.4, 0.5) is 0 Å². The van der Waals surface area contributed by atoms with Gasteiger partial charge in [-0.3, -0.25) is 9.59 Å². The van der Waals surface area contributed by atoms with Crippen LogP contribution in [-0.4, -0.2) is 11.9 Å². The largest absolute Gasteiger partial charge is 0.422 e. The van der Waals surface area contributed by atoms with Crippen LogP contribution < -0.4 is 9.47 Å². The Labute approximate surface area is 119 Å². The van der Waals surface area contributed by atoms with Crippen molar-refractivity contribution in [3.8, 4) is 11.5 Å². The third-order valence-electron chi connectivity index (χ3n) is 3.61. The summed E-state index contributed by atoms with van der Waals surface area (Å²) < 4.78 is 10.7. The number of fused-ring (bicyclic) bond motifs is 1. The second-order valence-corrected chi connectivity index (χ2v) is 5.41. The van der Waals surface area contributed by atoms with Gasteiger partial charge in [-0.25, -0.2) is 0 Å². The van der Waals surface area contributed by atoms with Crippen LogP contribution in [0.3, 0.4) is 0 Å². The fourth-order valence-electron chi connectivity index (χ4n) is 2.86. The summed E-state index contributed by atoms with van der Waals surface area (Å²) in [4.78, 5) is 22.7. The van der Waals surface area contributed by atoms with Crippen molar-refractivity contribution >= 4 is 11.9 Å². The minimum absolute atomic E-state index is 0.294. The Hall–Kier alpha value is -1.84. The Kier molecular flexibility index (Phi) is 4.12. The molecular formula is C16H20O4. The summed E-state index contributed by atoms with van der Waals surface area (Å²) in [6, 6.07) is 2.04. The highest BCUT2D eigenvalue weighted by molar-refractivity contribution is 5.76. The Morgan fingerprint density at radius 2 is 1.75 bits per heavy atom. The summed E-state index contributed by atoms with van der Waals surface area (Å²) in [6.07, 6.45) is 3.14. The zero-order chi connectivity index (χ0) is 14.9. The van der Waals surface area contributed by atoms with Gasteiger partial charge in [-0.1, -0.05) is 13.0 Å². The van der Waals surface area contributed by atoms with Crippen molar-refractivity contribution in [3.05, 3.63) is 22.8 Å². The van der Waals surface area contributed by atoms with Crippen molar-refractivity contribution in [2.45, 2.75) is 52.9 Å². The molecule has 1 aromatic carbocycles. The Morgan fingerprint density at radius 3 is 2.35 bits per heavy atom. The van der Waals surface area contributed by atoms with Crippen molar-refractivity contribution in [2.24, 2.45) is 0 Å². The van der Waals surface area contributed by atoms with E-state index in [-0.39, 0.29) is 0 Å². The van der Waals surface area contributed by atoms with E-state index in [1.807, 2.05) is 13.0 Å². The normalized spacial score (nSPS) is 17.3. The first kappa shape index (κ1) is 14.6. The highest BCUT2D eigenvalue weighted by Crippen LogP contribution is 2.45. The van der Waals surface area contributed by atoms with E-state index in [2.05, 4.69) is 6.92 Å². The minimum atomic E-state index is -0.412. The molecule has 0 amide bonds. The Morgan fingerprint density at radius 1 is 1.15 bits per heavy atom. The SMILES string of the molecule is CC(=O)Oc1c(C)cc2c(c1OC(C)=O)[C@H](C)CCC2. The number of rotatable bonds is 2. The fourth-order valence-corrected chi connectivity index (χ4v) is 2.86. The van der Waals surface area contributed by atoms with E-state index in [0.717, 1.165) is 30.4 Å². The van der Waals surface area contributed by atoms with Crippen LogP contribution in [0.15, 0.2) is 6.07 Å². The number of esters is 2. The van der Waals surface area contributed by atoms with Crippen molar-refractivity contribution in [1.29, 1.82) is 0 Å². The molecule has 0 fully saturated rings. The molecule has 20 heavy (non-hydrogen) atoms. The van der Waals surface area contributed by atoms with Crippen LogP contribution in [0.2, 0.25) is 0 Å². The molecule has 1 aliphatic rings. The molecule has 1 aromatic rings. The predicted octanol–water partition coefficient (Wildman–Crippen LogP) is 3.29. The lowest BCUT2D eigenvalue weighted by Crippen LogP contribution is -2.15. The number of carbonyl (C=O) groups is 2. The molecule has 0 spiro atoms. The number of ether oxygens (including phenoxy) is 2. The van der Waals surface area contributed by atoms with E-state index < -0.39 is 11.9 Å². The third kappa shape index (κ3) is 2.84. The Balaban J connectivity index is 2.63. The van der Waals surface area contributed by atoms with Crippen molar-refractivity contribution in [3.63, 3.8) is 0 Å². The molecule has 1 aliphatic carbocycles. The average Bonchev–Trinajstić information content (AvgIpc) is 2.32. The van der Waals surface area contributed by atoms with Gasteiger partial charge >= 0.3 is 11.9 Å². The van der Waals surface area contributed by atoms with Gasteiger partial charge in [0.25, 0.3) is 0 Å². The molecular weight excluding hydrogens is 256 g/mol. The van der Waals surface area contributed by atoms with Crippen LogP contribution in [0.1, 0.15) is 56.2 Å². The second kappa shape index (κ2) is 5.65. The maximum absolute atomic E-state index is 11.4. The van der Waals surface area contributed by atoms with Crippen LogP contribution in [-0.2, 0) is 16.0 Å². The molecule has 0 N–H and O–H groups in total. The number of hydrogen-bond donors (Lipinski definition) is 0. The summed E-state index contributed by atoms with van der Waals surface area (Å²) in [6.45, 7) is 6.68. The molecule has 0 unspecified atom stereocenters. The Bertz CT molecular complexity index is 560. The van der Waals surface area contributed by atoms with Crippen molar-refractivity contribution in [1.82, 2.24) is 0 Å². The van der Waals surface area contributed by atoms with E-state index in [1.165, 1.54) is 19.4 Å². The second-order valence-electron chi connectivity index (χ2n) is 5.41. The smallest absolute Gasteiger partial charge is 0.308 e. The number of carbonyl (C=O) groups excluding carboxylic acids is 2. The molecule has 4 nitrogen and oxygen atoms in total. The molecule has 0 aromatic heterocycles. The first-order chi connectivity index (χ1) is 9.40. The molecule has 108 valence electrons. The van der Waals surface area contributed by atoms with Gasteiger partial charge in [0, 0.05) is 19.4 Å². The topological polar surface area (TPSA) is 52.6 Å². The fraction of sp³-hybridized carbons (Fsp3) is 0.500. The zero-order valence-corrected chi connectivity index (χ0v) is 12.4. The minimum Gasteiger partial charge on any atom is -0.422 e. The van der Waals surface area contributed by atoms with Crippen LogP contribution in [0, 0.1) is 6.92 Å². The van der Waals surface area contributed by atoms with E-state index in [1.54, 1.807) is 0 Å². The summed E-state index contributed by atoms with van der Waals surface area (Å²) >= 11 is 0. The molecule has 0 heterocycles. The standard InChI is InChI=1S/C16H20O4/c1-9-6-5-7-13-8-10(2)15(19-11(3)17)16(14(9)13)20-12(4)18/h8-9H,5-7H2,1-4H3/t9-/m1/s1. The van der Waals surface area contributed by atoms with Crippen molar-refractivity contribution < 1.29 is 19.1 Å². The molecule has 0 bridgehead atoms. The van der Waals surface area contributed by atoms with E-state index in [0.29, 0.717) is 17.4 Å². The monoisotopic (exact) mass is 276 g/mol. The predicted molar refractivity (Wildman–Crippen MR) is 75.2 cm³/mol. The maximum atomic E-state index is 11.4. The summed E-state index contributed by atoms with van der Waals surface area (Å²) in [5.74, 6) is 0.284. The highest BCUT2D eigenvalue weighted by atomic mass is 16.6. The third-order valence-corrected chi connectivity index (χ3v) is 3.61. The molecule has 0 saturated carbocycles. The lowest BCUT2D eigenvalue weighted by molar-refractivity contribution is -0.134. The van der Waals surface area contributed by atoms with Gasteiger partial charge < -0.3 is 9.47 Å². The molecule has 4 heteroatoms. The van der Waals surface area contributed by atoms with Crippen molar-refractivity contribution in [2.75, 3.05) is 0 Å². The lowest BCUT2D eigenvalue weighted by Gasteiger charge is -2.27. The molecule has 2 rings (SSSR count). The van der Waals surface area contributed by atoms with E-state index in [4.69, 9.17) is 9.47 Å². The molecule has 0 saturated heterocycles. The van der Waals surface area contributed by atoms with Crippen LogP contribution in [0.5, 0.6) is 11.5 Å². The first-order valence-electron chi connectivity index (χ1n) is 6.93. The zero-order valence-electron chi connectivity index (χ0n) is 12.4. The summed E-state index contributed by atoms with van der Waals surface area (Å²) in [5, 5.41) is 0. The molecule has 0 aliphatic heterocycles. The van der Waals surface area contributed by atoms with Gasteiger partial charge in [-0.15, -0.1) is 0 Å². The highest BCUT2D eigenvalue weighted by Gasteiger charge is 2.27. The summed E-state index contributed by atoms with van der Waals surface area (Å²) in [7, 11) is 0. The average molecular weight is 276 g/mol. The molecule has 0 radical (unpaired) electrons. The number of aryl methyl sites for hydroxylation is 2.